The number of nitrogens with zero attached hydrogens (tertiary/aromatic N) is 1. The fourth-order valence-electron chi connectivity index (χ4n) is 0.971. The van der Waals surface area contributed by atoms with Crippen LogP contribution in [0.1, 0.15) is 20.7 Å². The van der Waals surface area contributed by atoms with Crippen LogP contribution in [0.15, 0.2) is 18.2 Å². The third kappa shape index (κ3) is 2.51. The van der Waals surface area contributed by atoms with Gasteiger partial charge >= 0.3 is 0 Å². The van der Waals surface area contributed by atoms with Gasteiger partial charge in [0.15, 0.2) is 0 Å². The number of halogens is 2. The number of hydrogen-bond acceptors (Lipinski definition) is 4. The monoisotopic (exact) mass is 247 g/mol. The van der Waals surface area contributed by atoms with Crippen LogP contribution in [0.2, 0.25) is 0 Å². The third-order valence-corrected chi connectivity index (χ3v) is 2.05. The second-order valence-electron chi connectivity index (χ2n) is 2.54. The molecule has 0 saturated carbocycles. The molecule has 0 aliphatic carbocycles. The highest BCUT2D eigenvalue weighted by atomic mass is 35.5. The second-order valence-corrected chi connectivity index (χ2v) is 3.22. The summed E-state index contributed by atoms with van der Waals surface area (Å²) in [5.74, 6) is 0. The minimum Gasteiger partial charge on any atom is -0.276 e. The van der Waals surface area contributed by atoms with Gasteiger partial charge in [0, 0.05) is 11.6 Å². The lowest BCUT2D eigenvalue weighted by molar-refractivity contribution is -0.385. The van der Waals surface area contributed by atoms with E-state index in [0.717, 1.165) is 12.1 Å². The highest BCUT2D eigenvalue weighted by Crippen LogP contribution is 2.22. The van der Waals surface area contributed by atoms with Crippen LogP contribution in [0.5, 0.6) is 0 Å². The molecule has 0 aromatic heterocycles. The second kappa shape index (κ2) is 4.37. The summed E-state index contributed by atoms with van der Waals surface area (Å²) in [6, 6.07) is 3.19. The number of hydrogen-bond donors (Lipinski definition) is 0. The Morgan fingerprint density at radius 1 is 1.20 bits per heavy atom. The molecular formula is C8H3Cl2NO4. The molecule has 0 radical (unpaired) electrons. The van der Waals surface area contributed by atoms with Crippen molar-refractivity contribution in [1.82, 2.24) is 0 Å². The highest BCUT2D eigenvalue weighted by Gasteiger charge is 2.20. The Balaban J connectivity index is 3.40. The van der Waals surface area contributed by atoms with Crippen molar-refractivity contribution in [2.24, 2.45) is 0 Å². The molecule has 1 aromatic carbocycles. The lowest BCUT2D eigenvalue weighted by atomic mass is 10.1. The number of benzene rings is 1. The van der Waals surface area contributed by atoms with Crippen molar-refractivity contribution < 1.29 is 14.5 Å². The zero-order valence-electron chi connectivity index (χ0n) is 7.07. The first kappa shape index (κ1) is 11.6. The van der Waals surface area contributed by atoms with Gasteiger partial charge in [0.05, 0.1) is 4.92 Å². The fourth-order valence-corrected chi connectivity index (χ4v) is 1.25. The largest absolute Gasteiger partial charge is 0.282 e. The van der Waals surface area contributed by atoms with Gasteiger partial charge in [0.2, 0.25) is 0 Å². The molecule has 0 saturated heterocycles. The van der Waals surface area contributed by atoms with Crippen molar-refractivity contribution in [2.45, 2.75) is 0 Å². The van der Waals surface area contributed by atoms with Crippen LogP contribution in [-0.4, -0.2) is 15.4 Å². The Morgan fingerprint density at radius 2 is 1.80 bits per heavy atom. The summed E-state index contributed by atoms with van der Waals surface area (Å²) in [4.78, 5) is 31.3. The molecule has 15 heavy (non-hydrogen) atoms. The van der Waals surface area contributed by atoms with E-state index in [4.69, 9.17) is 23.2 Å². The van der Waals surface area contributed by atoms with Crippen LogP contribution in [0.4, 0.5) is 5.69 Å². The molecule has 0 aliphatic rings. The Hall–Kier alpha value is -1.46. The van der Waals surface area contributed by atoms with Crippen molar-refractivity contribution in [3.63, 3.8) is 0 Å². The molecular weight excluding hydrogens is 245 g/mol. The van der Waals surface area contributed by atoms with Gasteiger partial charge in [-0.3, -0.25) is 19.7 Å². The SMILES string of the molecule is O=C(Cl)c1ccc(C(=O)Cl)c([N+](=O)[O-])c1. The number of carbonyl (C=O) groups excluding carboxylic acids is 2. The maximum Gasteiger partial charge on any atom is 0.282 e. The summed E-state index contributed by atoms with van der Waals surface area (Å²) in [7, 11) is 0. The Labute approximate surface area is 93.7 Å². The molecule has 0 fully saturated rings. The lowest BCUT2D eigenvalue weighted by Gasteiger charge is -1.98. The van der Waals surface area contributed by atoms with Crippen molar-refractivity contribution in [2.75, 3.05) is 0 Å². The topological polar surface area (TPSA) is 77.3 Å². The van der Waals surface area contributed by atoms with Crippen LogP contribution < -0.4 is 0 Å². The molecule has 0 aliphatic heterocycles. The molecule has 1 aromatic rings. The Kier molecular flexibility index (Phi) is 3.39. The van der Waals surface area contributed by atoms with Gasteiger partial charge in [0.1, 0.15) is 5.56 Å². The third-order valence-electron chi connectivity index (χ3n) is 1.63. The van der Waals surface area contributed by atoms with Crippen LogP contribution >= 0.6 is 23.2 Å². The summed E-state index contributed by atoms with van der Waals surface area (Å²) in [6.07, 6.45) is 0. The highest BCUT2D eigenvalue weighted by molar-refractivity contribution is 6.69. The molecule has 0 unspecified atom stereocenters. The molecule has 1 rings (SSSR count). The van der Waals surface area contributed by atoms with E-state index in [-0.39, 0.29) is 11.1 Å². The Bertz CT molecular complexity index is 458. The average Bonchev–Trinajstić information content (AvgIpc) is 2.16. The minimum absolute atomic E-state index is 0.0648. The Morgan fingerprint density at radius 3 is 2.20 bits per heavy atom. The van der Waals surface area contributed by atoms with Gasteiger partial charge in [-0.15, -0.1) is 0 Å². The first-order valence-corrected chi connectivity index (χ1v) is 4.37. The first-order chi connectivity index (χ1) is 6.93. The van der Waals surface area contributed by atoms with Crippen LogP contribution in [0.3, 0.4) is 0 Å². The molecule has 5 nitrogen and oxygen atoms in total. The maximum atomic E-state index is 10.8. The van der Waals surface area contributed by atoms with E-state index < -0.39 is 21.1 Å². The number of nitro benzene ring substituents is 1. The summed E-state index contributed by atoms with van der Waals surface area (Å²) in [5.41, 5.74) is -0.880. The summed E-state index contributed by atoms with van der Waals surface area (Å²) < 4.78 is 0. The van der Waals surface area contributed by atoms with Gasteiger partial charge < -0.3 is 0 Å². The van der Waals surface area contributed by atoms with E-state index in [9.17, 15) is 19.7 Å². The zero-order chi connectivity index (χ0) is 11.6. The van der Waals surface area contributed by atoms with E-state index in [1.165, 1.54) is 6.07 Å². The van der Waals surface area contributed by atoms with Gasteiger partial charge in [-0.25, -0.2) is 0 Å². The summed E-state index contributed by atoms with van der Waals surface area (Å²) >= 11 is 10.3. The van der Waals surface area contributed by atoms with Crippen molar-refractivity contribution in [1.29, 1.82) is 0 Å². The van der Waals surface area contributed by atoms with Crippen molar-refractivity contribution in [3.8, 4) is 0 Å². The normalized spacial score (nSPS) is 9.73. The molecule has 0 atom stereocenters. The van der Waals surface area contributed by atoms with E-state index >= 15 is 0 Å². The van der Waals surface area contributed by atoms with Crippen molar-refractivity contribution in [3.05, 3.63) is 39.4 Å². The average molecular weight is 248 g/mol. The molecule has 0 amide bonds. The van der Waals surface area contributed by atoms with Crippen LogP contribution in [-0.2, 0) is 0 Å². The van der Waals surface area contributed by atoms with Gasteiger partial charge in [-0.2, -0.15) is 0 Å². The smallest absolute Gasteiger partial charge is 0.276 e. The molecule has 0 spiro atoms. The summed E-state index contributed by atoms with van der Waals surface area (Å²) in [5, 5.41) is 8.74. The van der Waals surface area contributed by atoms with Gasteiger partial charge in [-0.05, 0) is 35.3 Å². The standard InChI is InChI=1S/C8H3Cl2NO4/c9-7(12)4-1-2-5(8(10)13)6(3-4)11(14)15/h1-3H. The first-order valence-electron chi connectivity index (χ1n) is 3.61. The number of rotatable bonds is 3. The molecule has 78 valence electrons. The van der Waals surface area contributed by atoms with Gasteiger partial charge in [-0.1, -0.05) is 0 Å². The number of nitro groups is 1. The molecule has 0 heterocycles. The summed E-state index contributed by atoms with van der Waals surface area (Å²) in [6.45, 7) is 0. The predicted octanol–water partition coefficient (Wildman–Crippen LogP) is 2.35. The predicted molar refractivity (Wildman–Crippen MR) is 53.5 cm³/mol. The quantitative estimate of drug-likeness (QED) is 0.467. The molecule has 7 heteroatoms. The molecule has 0 bridgehead atoms. The van der Waals surface area contributed by atoms with E-state index in [1.807, 2.05) is 0 Å². The molecule has 0 N–H and O–H groups in total. The van der Waals surface area contributed by atoms with Gasteiger partial charge in [0.25, 0.3) is 16.2 Å². The van der Waals surface area contributed by atoms with Crippen LogP contribution in [0.25, 0.3) is 0 Å². The van der Waals surface area contributed by atoms with E-state index in [2.05, 4.69) is 0 Å². The minimum atomic E-state index is -0.963. The zero-order valence-corrected chi connectivity index (χ0v) is 8.58. The van der Waals surface area contributed by atoms with E-state index in [0.29, 0.717) is 0 Å². The van der Waals surface area contributed by atoms with Crippen molar-refractivity contribution >= 4 is 39.4 Å². The maximum absolute atomic E-state index is 10.8. The van der Waals surface area contributed by atoms with Crippen LogP contribution in [0, 0.1) is 10.1 Å². The lowest BCUT2D eigenvalue weighted by Crippen LogP contribution is -2.00. The van der Waals surface area contributed by atoms with E-state index in [1.54, 1.807) is 0 Å². The number of carbonyl (C=O) groups is 2. The fraction of sp³-hybridized carbons (Fsp3) is 0.